The average molecular weight is 459 g/mol. The summed E-state index contributed by atoms with van der Waals surface area (Å²) < 4.78 is 3.03. The van der Waals surface area contributed by atoms with E-state index in [0.29, 0.717) is 0 Å². The highest BCUT2D eigenvalue weighted by Gasteiger charge is 2.16. The Hall–Kier alpha value is 0.650. The van der Waals surface area contributed by atoms with Gasteiger partial charge in [0.2, 0.25) is 0 Å². The van der Waals surface area contributed by atoms with Crippen molar-refractivity contribution in [2.45, 2.75) is 11.8 Å². The molecule has 0 aliphatic carbocycles. The molecule has 0 saturated carbocycles. The van der Waals surface area contributed by atoms with Crippen molar-refractivity contribution in [2.75, 3.05) is 0 Å². The van der Waals surface area contributed by atoms with Gasteiger partial charge in [-0.1, -0.05) is 59.4 Å². The lowest BCUT2D eigenvalue weighted by atomic mass is 10.1. The van der Waals surface area contributed by atoms with E-state index in [0.717, 1.165) is 13.3 Å². The topological polar surface area (TPSA) is 0 Å². The molecule has 5 heteroatoms. The molecular weight excluding hydrogens is 451 g/mol. The summed E-state index contributed by atoms with van der Waals surface area (Å²) in [5.41, 5.74) is 2.41. The molecule has 0 amide bonds. The third-order valence-electron chi connectivity index (χ3n) is 2.39. The molecule has 0 saturated heterocycles. The summed E-state index contributed by atoms with van der Waals surface area (Å²) in [5.74, 6) is 0. The van der Waals surface area contributed by atoms with Crippen molar-refractivity contribution >= 4 is 70.7 Å². The molecule has 1 heterocycles. The lowest BCUT2D eigenvalue weighted by molar-refractivity contribution is 1.19. The summed E-state index contributed by atoms with van der Waals surface area (Å²) in [4.78, 5) is 1.36. The van der Waals surface area contributed by atoms with Gasteiger partial charge in [0.1, 0.15) is 0 Å². The Balaban J connectivity index is 2.43. The van der Waals surface area contributed by atoms with Crippen molar-refractivity contribution in [3.8, 4) is 0 Å². The monoisotopic (exact) mass is 456 g/mol. The van der Waals surface area contributed by atoms with Crippen molar-refractivity contribution < 1.29 is 0 Å². The number of hydrogen-bond donors (Lipinski definition) is 0. The van der Waals surface area contributed by atoms with Crippen molar-refractivity contribution in [1.29, 1.82) is 0 Å². The highest BCUT2D eigenvalue weighted by Crippen LogP contribution is 2.41. The van der Waals surface area contributed by atoms with E-state index in [-0.39, 0.29) is 4.83 Å². The molecule has 0 bridgehead atoms. The predicted octanol–water partition coefficient (Wildman–Crippen LogP) is 6.72. The lowest BCUT2D eigenvalue weighted by Crippen LogP contribution is -1.92. The zero-order chi connectivity index (χ0) is 12.6. The van der Waals surface area contributed by atoms with Crippen molar-refractivity contribution in [3.63, 3.8) is 0 Å². The molecule has 1 unspecified atom stereocenters. The van der Waals surface area contributed by atoms with E-state index in [1.807, 2.05) is 12.1 Å². The summed E-state index contributed by atoms with van der Waals surface area (Å²) in [6, 6.07) is 8.22. The molecule has 0 N–H and O–H groups in total. The Morgan fingerprint density at radius 3 is 2.47 bits per heavy atom. The summed E-state index contributed by atoms with van der Waals surface area (Å²) >= 11 is 18.4. The number of alkyl halides is 1. The highest BCUT2D eigenvalue weighted by atomic mass is 79.9. The molecule has 17 heavy (non-hydrogen) atoms. The van der Waals surface area contributed by atoms with E-state index in [1.54, 1.807) is 11.3 Å². The van der Waals surface area contributed by atoms with E-state index in [2.05, 4.69) is 66.8 Å². The number of benzene rings is 1. The fraction of sp³-hybridized carbons (Fsp3) is 0.167. The largest absolute Gasteiger partial charge is 0.127 e. The maximum Gasteiger partial charge on any atom is 0.0931 e. The van der Waals surface area contributed by atoms with Crippen LogP contribution in [0.1, 0.15) is 20.8 Å². The minimum absolute atomic E-state index is 0.159. The molecular formula is C12H8Br3ClS. The standard InChI is InChI=1S/C12H8Br3ClS/c1-6-4-9(14)7(5-8(6)13)12(15)10-2-3-11(16)17-10/h2-5,12H,1H3. The molecule has 0 fully saturated rings. The number of hydrogen-bond acceptors (Lipinski definition) is 1. The molecule has 90 valence electrons. The second-order valence-corrected chi connectivity index (χ2v) is 8.00. The number of rotatable bonds is 2. The molecule has 2 rings (SSSR count). The molecule has 0 nitrogen and oxygen atoms in total. The van der Waals surface area contributed by atoms with E-state index >= 15 is 0 Å². The first-order chi connectivity index (χ1) is 7.99. The maximum absolute atomic E-state index is 5.96. The number of thiophene rings is 1. The fourth-order valence-electron chi connectivity index (χ4n) is 1.47. The van der Waals surface area contributed by atoms with Crippen molar-refractivity contribution in [2.24, 2.45) is 0 Å². The zero-order valence-electron chi connectivity index (χ0n) is 8.81. The van der Waals surface area contributed by atoms with Gasteiger partial charge in [0.15, 0.2) is 0 Å². The SMILES string of the molecule is Cc1cc(Br)c(C(Br)c2ccc(Cl)s2)cc1Br. The zero-order valence-corrected chi connectivity index (χ0v) is 15.1. The normalized spacial score (nSPS) is 12.8. The Morgan fingerprint density at radius 1 is 1.18 bits per heavy atom. The van der Waals surface area contributed by atoms with Crippen LogP contribution in [0.25, 0.3) is 0 Å². The van der Waals surface area contributed by atoms with Gasteiger partial charge in [0.05, 0.1) is 9.16 Å². The average Bonchev–Trinajstić information content (AvgIpc) is 2.69. The van der Waals surface area contributed by atoms with E-state index in [1.165, 1.54) is 16.0 Å². The Bertz CT molecular complexity index is 551. The van der Waals surface area contributed by atoms with Gasteiger partial charge in [-0.05, 0) is 42.3 Å². The second-order valence-electron chi connectivity index (χ2n) is 3.63. The predicted molar refractivity (Wildman–Crippen MR) is 86.7 cm³/mol. The van der Waals surface area contributed by atoms with Gasteiger partial charge in [0, 0.05) is 13.8 Å². The first kappa shape index (κ1) is 14.1. The smallest absolute Gasteiger partial charge is 0.0931 e. The minimum Gasteiger partial charge on any atom is -0.127 e. The first-order valence-corrected chi connectivity index (χ1v) is 8.53. The van der Waals surface area contributed by atoms with Crippen LogP contribution in [0.4, 0.5) is 0 Å². The van der Waals surface area contributed by atoms with Crippen LogP contribution in [0.2, 0.25) is 4.34 Å². The fourth-order valence-corrected chi connectivity index (χ4v) is 4.70. The van der Waals surface area contributed by atoms with Gasteiger partial charge in [-0.25, -0.2) is 0 Å². The quantitative estimate of drug-likeness (QED) is 0.438. The van der Waals surface area contributed by atoms with E-state index < -0.39 is 0 Å². The van der Waals surface area contributed by atoms with Gasteiger partial charge >= 0.3 is 0 Å². The Morgan fingerprint density at radius 2 is 1.88 bits per heavy atom. The summed E-state index contributed by atoms with van der Waals surface area (Å²) in [6.07, 6.45) is 0. The second kappa shape index (κ2) is 5.74. The number of halogens is 4. The van der Waals surface area contributed by atoms with Crippen LogP contribution in [-0.4, -0.2) is 0 Å². The minimum atomic E-state index is 0.159. The molecule has 0 aliphatic rings. The van der Waals surface area contributed by atoms with Gasteiger partial charge in [-0.15, -0.1) is 11.3 Å². The van der Waals surface area contributed by atoms with Crippen molar-refractivity contribution in [1.82, 2.24) is 0 Å². The molecule has 1 atom stereocenters. The number of aryl methyl sites for hydroxylation is 1. The maximum atomic E-state index is 5.96. The molecule has 0 aliphatic heterocycles. The summed E-state index contributed by atoms with van der Waals surface area (Å²) in [7, 11) is 0. The van der Waals surface area contributed by atoms with Crippen LogP contribution in [0.5, 0.6) is 0 Å². The lowest BCUT2D eigenvalue weighted by Gasteiger charge is -2.12. The third kappa shape index (κ3) is 3.16. The third-order valence-corrected chi connectivity index (χ3v) is 6.52. The van der Waals surface area contributed by atoms with Gasteiger partial charge in [0.25, 0.3) is 0 Å². The molecule has 1 aromatic heterocycles. The van der Waals surface area contributed by atoms with Crippen LogP contribution >= 0.6 is 70.7 Å². The van der Waals surface area contributed by atoms with E-state index in [4.69, 9.17) is 11.6 Å². The van der Waals surface area contributed by atoms with E-state index in [9.17, 15) is 0 Å². The molecule has 0 spiro atoms. The van der Waals surface area contributed by atoms with Crippen molar-refractivity contribution in [3.05, 3.63) is 53.6 Å². The van der Waals surface area contributed by atoms with Crippen LogP contribution < -0.4 is 0 Å². The van der Waals surface area contributed by atoms with Crippen LogP contribution in [-0.2, 0) is 0 Å². The summed E-state index contributed by atoms with van der Waals surface area (Å²) in [6.45, 7) is 2.07. The molecule has 0 radical (unpaired) electrons. The molecule has 1 aromatic carbocycles. The van der Waals surface area contributed by atoms with Crippen LogP contribution in [0.3, 0.4) is 0 Å². The van der Waals surface area contributed by atoms with Gasteiger partial charge in [-0.3, -0.25) is 0 Å². The Kier molecular flexibility index (Phi) is 4.75. The van der Waals surface area contributed by atoms with Gasteiger partial charge in [-0.2, -0.15) is 0 Å². The van der Waals surface area contributed by atoms with Crippen LogP contribution in [0, 0.1) is 6.92 Å². The highest BCUT2D eigenvalue weighted by molar-refractivity contribution is 9.11. The Labute approximate surface area is 135 Å². The van der Waals surface area contributed by atoms with Gasteiger partial charge < -0.3 is 0 Å². The molecule has 2 aromatic rings. The first-order valence-electron chi connectivity index (χ1n) is 4.84. The summed E-state index contributed by atoms with van der Waals surface area (Å²) in [5, 5.41) is 0. The van der Waals surface area contributed by atoms with Crippen LogP contribution in [0.15, 0.2) is 33.2 Å².